The average Bonchev–Trinajstić information content (AvgIpc) is 2.35. The molecule has 0 amide bonds. The summed E-state index contributed by atoms with van der Waals surface area (Å²) in [5, 5.41) is 0. The maximum atomic E-state index is 11.6. The van der Waals surface area contributed by atoms with Crippen molar-refractivity contribution in [1.29, 1.82) is 0 Å². The minimum absolute atomic E-state index is 0.316. The Morgan fingerprint density at radius 3 is 2.29 bits per heavy atom. The molecule has 0 aliphatic heterocycles. The van der Waals surface area contributed by atoms with Crippen molar-refractivity contribution in [1.82, 2.24) is 0 Å². The topological polar surface area (TPSA) is 17.1 Å². The normalized spacial score (nSPS) is 13.1. The zero-order chi connectivity index (χ0) is 12.9. The van der Waals surface area contributed by atoms with E-state index in [0.29, 0.717) is 11.7 Å². The summed E-state index contributed by atoms with van der Waals surface area (Å²) in [7, 11) is 0. The predicted molar refractivity (Wildman–Crippen MR) is 76.2 cm³/mol. The van der Waals surface area contributed by atoms with Crippen LogP contribution < -0.4 is 0 Å². The van der Waals surface area contributed by atoms with Crippen LogP contribution in [0.5, 0.6) is 0 Å². The van der Waals surface area contributed by atoms with Gasteiger partial charge in [0.2, 0.25) is 0 Å². The van der Waals surface area contributed by atoms with Crippen molar-refractivity contribution in [2.75, 3.05) is 0 Å². The first-order chi connectivity index (χ1) is 8.24. The molecule has 0 saturated heterocycles. The highest BCUT2D eigenvalue weighted by Gasteiger charge is 2.02. The number of ketones is 1. The van der Waals surface area contributed by atoms with Crippen molar-refractivity contribution in [2.45, 2.75) is 78.6 Å². The third-order valence-electron chi connectivity index (χ3n) is 3.28. The minimum atomic E-state index is 0.316. The Hall–Kier alpha value is -0.590. The molecule has 1 nitrogen and oxygen atoms in total. The van der Waals surface area contributed by atoms with E-state index in [0.717, 1.165) is 19.3 Å². The van der Waals surface area contributed by atoms with Crippen LogP contribution >= 0.6 is 0 Å². The lowest BCUT2D eigenvalue weighted by atomic mass is 9.98. The Labute approximate surface area is 108 Å². The molecule has 0 aromatic rings. The summed E-state index contributed by atoms with van der Waals surface area (Å²) >= 11 is 0. The van der Waals surface area contributed by atoms with Crippen LogP contribution in [0, 0.1) is 5.92 Å². The van der Waals surface area contributed by atoms with Crippen LogP contribution in [-0.2, 0) is 4.79 Å². The summed E-state index contributed by atoms with van der Waals surface area (Å²) in [6.45, 7) is 6.62. The molecule has 0 N–H and O–H groups in total. The van der Waals surface area contributed by atoms with Gasteiger partial charge in [0.25, 0.3) is 0 Å². The zero-order valence-electron chi connectivity index (χ0n) is 12.0. The average molecular weight is 238 g/mol. The molecule has 1 atom stereocenters. The van der Waals surface area contributed by atoms with E-state index in [9.17, 15) is 4.79 Å². The number of carbonyl (C=O) groups excluding carboxylic acids is 1. The van der Waals surface area contributed by atoms with Gasteiger partial charge in [0.05, 0.1) is 0 Å². The Balaban J connectivity index is 3.74. The molecule has 1 unspecified atom stereocenters. The molecule has 0 saturated carbocycles. The molecular weight excluding hydrogens is 208 g/mol. The van der Waals surface area contributed by atoms with Crippen LogP contribution in [0.3, 0.4) is 0 Å². The van der Waals surface area contributed by atoms with Crippen molar-refractivity contribution in [2.24, 2.45) is 5.92 Å². The van der Waals surface area contributed by atoms with Gasteiger partial charge >= 0.3 is 0 Å². The Morgan fingerprint density at radius 2 is 1.71 bits per heavy atom. The molecule has 17 heavy (non-hydrogen) atoms. The first-order valence-corrected chi connectivity index (χ1v) is 7.45. The van der Waals surface area contributed by atoms with Gasteiger partial charge in [0, 0.05) is 6.42 Å². The van der Waals surface area contributed by atoms with Gasteiger partial charge in [-0.05, 0) is 31.3 Å². The Morgan fingerprint density at radius 1 is 1.00 bits per heavy atom. The largest absolute Gasteiger partial charge is 0.295 e. The third-order valence-corrected chi connectivity index (χ3v) is 3.28. The second-order valence-electron chi connectivity index (χ2n) is 4.95. The molecule has 0 aliphatic rings. The number of carbonyl (C=O) groups is 1. The van der Waals surface area contributed by atoms with Crippen LogP contribution in [0.25, 0.3) is 0 Å². The lowest BCUT2D eigenvalue weighted by molar-refractivity contribution is -0.114. The highest BCUT2D eigenvalue weighted by atomic mass is 16.1. The molecule has 0 rings (SSSR count). The van der Waals surface area contributed by atoms with E-state index >= 15 is 0 Å². The molecule has 0 spiro atoms. The lowest BCUT2D eigenvalue weighted by Gasteiger charge is -2.08. The monoisotopic (exact) mass is 238 g/mol. The highest BCUT2D eigenvalue weighted by molar-refractivity contribution is 5.89. The quantitative estimate of drug-likeness (QED) is 0.353. The van der Waals surface area contributed by atoms with Gasteiger partial charge in [-0.1, -0.05) is 59.0 Å². The zero-order valence-corrected chi connectivity index (χ0v) is 12.0. The minimum Gasteiger partial charge on any atom is -0.295 e. The third kappa shape index (κ3) is 10.3. The van der Waals surface area contributed by atoms with E-state index in [2.05, 4.69) is 26.8 Å². The van der Waals surface area contributed by atoms with Crippen molar-refractivity contribution < 1.29 is 4.79 Å². The van der Waals surface area contributed by atoms with Gasteiger partial charge in [-0.25, -0.2) is 0 Å². The summed E-state index contributed by atoms with van der Waals surface area (Å²) < 4.78 is 0. The standard InChI is InChI=1S/C16H30O/c1-4-7-9-10-12-16(17)14-13-15(6-3)11-8-5-2/h13-15H,4-12H2,1-3H3. The fraction of sp³-hybridized carbons (Fsp3) is 0.812. The van der Waals surface area contributed by atoms with Crippen molar-refractivity contribution >= 4 is 5.78 Å². The summed E-state index contributed by atoms with van der Waals surface area (Å²) in [4.78, 5) is 11.6. The number of unbranched alkanes of at least 4 members (excludes halogenated alkanes) is 4. The molecular formula is C16H30O. The molecule has 0 bridgehead atoms. The maximum Gasteiger partial charge on any atom is 0.155 e. The number of allylic oxidation sites excluding steroid dienone is 2. The lowest BCUT2D eigenvalue weighted by Crippen LogP contribution is -1.98. The van der Waals surface area contributed by atoms with Gasteiger partial charge in [0.1, 0.15) is 0 Å². The molecule has 100 valence electrons. The van der Waals surface area contributed by atoms with Gasteiger partial charge in [-0.15, -0.1) is 0 Å². The summed E-state index contributed by atoms with van der Waals surface area (Å²) in [6, 6.07) is 0. The van der Waals surface area contributed by atoms with E-state index in [1.807, 2.05) is 6.08 Å². The van der Waals surface area contributed by atoms with Crippen LogP contribution in [0.1, 0.15) is 78.6 Å². The van der Waals surface area contributed by atoms with Gasteiger partial charge < -0.3 is 0 Å². The van der Waals surface area contributed by atoms with Crippen LogP contribution in [-0.4, -0.2) is 5.78 Å². The fourth-order valence-corrected chi connectivity index (χ4v) is 1.96. The molecule has 0 fully saturated rings. The first kappa shape index (κ1) is 16.4. The van der Waals surface area contributed by atoms with Crippen LogP contribution in [0.4, 0.5) is 0 Å². The molecule has 0 aromatic heterocycles. The van der Waals surface area contributed by atoms with E-state index in [1.54, 1.807) is 0 Å². The maximum absolute atomic E-state index is 11.6. The smallest absolute Gasteiger partial charge is 0.155 e. The van der Waals surface area contributed by atoms with E-state index in [-0.39, 0.29) is 0 Å². The number of rotatable bonds is 11. The molecule has 0 radical (unpaired) electrons. The van der Waals surface area contributed by atoms with Crippen molar-refractivity contribution in [3.63, 3.8) is 0 Å². The molecule has 1 heteroatoms. The van der Waals surface area contributed by atoms with Gasteiger partial charge in [0.15, 0.2) is 5.78 Å². The summed E-state index contributed by atoms with van der Waals surface area (Å²) in [6.07, 6.45) is 14.3. The Bertz CT molecular complexity index is 206. The van der Waals surface area contributed by atoms with Gasteiger partial charge in [-0.3, -0.25) is 4.79 Å². The highest BCUT2D eigenvalue weighted by Crippen LogP contribution is 2.14. The summed E-state index contributed by atoms with van der Waals surface area (Å²) in [5.74, 6) is 0.922. The second kappa shape index (κ2) is 11.9. The van der Waals surface area contributed by atoms with Crippen LogP contribution in [0.15, 0.2) is 12.2 Å². The van der Waals surface area contributed by atoms with Crippen molar-refractivity contribution in [3.05, 3.63) is 12.2 Å². The molecule has 0 aromatic carbocycles. The van der Waals surface area contributed by atoms with E-state index in [1.165, 1.54) is 38.5 Å². The predicted octanol–water partition coefficient (Wildman–Crippen LogP) is 5.30. The fourth-order valence-electron chi connectivity index (χ4n) is 1.96. The summed E-state index contributed by atoms with van der Waals surface area (Å²) in [5.41, 5.74) is 0. The van der Waals surface area contributed by atoms with Crippen LogP contribution in [0.2, 0.25) is 0 Å². The van der Waals surface area contributed by atoms with Gasteiger partial charge in [-0.2, -0.15) is 0 Å². The number of hydrogen-bond acceptors (Lipinski definition) is 1. The van der Waals surface area contributed by atoms with Crippen molar-refractivity contribution in [3.8, 4) is 0 Å². The Kier molecular flexibility index (Phi) is 11.5. The molecule has 0 aliphatic carbocycles. The van der Waals surface area contributed by atoms with E-state index < -0.39 is 0 Å². The molecule has 0 heterocycles. The van der Waals surface area contributed by atoms with E-state index in [4.69, 9.17) is 0 Å². The number of hydrogen-bond donors (Lipinski definition) is 0. The SMILES string of the molecule is CCCCCCC(=O)C=CC(CC)CCCC. The second-order valence-corrected chi connectivity index (χ2v) is 4.95. The first-order valence-electron chi connectivity index (χ1n) is 7.45.